The lowest BCUT2D eigenvalue weighted by Gasteiger charge is -2.10. The number of aromatic nitrogens is 2. The van der Waals surface area contributed by atoms with Gasteiger partial charge in [0.2, 0.25) is 0 Å². The van der Waals surface area contributed by atoms with Crippen LogP contribution in [0, 0.1) is 0 Å². The number of fused-ring (bicyclic) bond motifs is 1. The summed E-state index contributed by atoms with van der Waals surface area (Å²) >= 11 is 0. The van der Waals surface area contributed by atoms with Gasteiger partial charge in [0.1, 0.15) is 5.82 Å². The molecule has 2 aromatic carbocycles. The van der Waals surface area contributed by atoms with Crippen molar-refractivity contribution in [3.8, 4) is 0 Å². The summed E-state index contributed by atoms with van der Waals surface area (Å²) in [5.74, 6) is 0.766. The fraction of sp³-hybridized carbons (Fsp3) is 0.350. The predicted octanol–water partition coefficient (Wildman–Crippen LogP) is 5.07. The molecule has 0 amide bonds. The molecule has 1 heterocycles. The van der Waals surface area contributed by atoms with E-state index in [0.29, 0.717) is 31.7 Å². The smallest absolute Gasteiger partial charge is 0.382 e. The van der Waals surface area contributed by atoms with Gasteiger partial charge in [-0.1, -0.05) is 30.3 Å². The molecule has 0 saturated heterocycles. The van der Waals surface area contributed by atoms with Crippen molar-refractivity contribution in [3.63, 3.8) is 0 Å². The molecule has 0 aliphatic heterocycles. The van der Waals surface area contributed by atoms with E-state index < -0.39 is 11.7 Å². The van der Waals surface area contributed by atoms with Crippen molar-refractivity contribution < 1.29 is 17.9 Å². The number of hydrogen-bond acceptors (Lipinski definition) is 2. The van der Waals surface area contributed by atoms with Crippen molar-refractivity contribution in [2.75, 3.05) is 13.2 Å². The summed E-state index contributed by atoms with van der Waals surface area (Å²) in [4.78, 5) is 4.50. The van der Waals surface area contributed by atoms with E-state index >= 15 is 0 Å². The highest BCUT2D eigenvalue weighted by Crippen LogP contribution is 2.31. The zero-order valence-electron chi connectivity index (χ0n) is 14.6. The number of ether oxygens (including phenoxy) is 1. The van der Waals surface area contributed by atoms with E-state index in [1.165, 1.54) is 6.07 Å². The Morgan fingerprint density at radius 1 is 1.08 bits per heavy atom. The van der Waals surface area contributed by atoms with E-state index in [-0.39, 0.29) is 0 Å². The molecular weight excluding hydrogens is 341 g/mol. The van der Waals surface area contributed by atoms with Crippen LogP contribution in [0.15, 0.2) is 48.5 Å². The Balaban J connectivity index is 1.96. The first-order chi connectivity index (χ1) is 12.5. The lowest BCUT2D eigenvalue weighted by atomic mass is 10.1. The fourth-order valence-electron chi connectivity index (χ4n) is 2.99. The Hall–Kier alpha value is -2.34. The second kappa shape index (κ2) is 7.91. The summed E-state index contributed by atoms with van der Waals surface area (Å²) in [6.45, 7) is 3.86. The van der Waals surface area contributed by atoms with Gasteiger partial charge in [0, 0.05) is 26.2 Å². The Labute approximate surface area is 150 Å². The number of alkyl halides is 3. The molecule has 0 fully saturated rings. The summed E-state index contributed by atoms with van der Waals surface area (Å²) in [6, 6.07) is 13.6. The first-order valence-electron chi connectivity index (χ1n) is 8.67. The molecule has 0 N–H and O–H groups in total. The molecule has 3 aromatic rings. The van der Waals surface area contributed by atoms with Crippen LogP contribution in [-0.2, 0) is 23.9 Å². The van der Waals surface area contributed by atoms with Crippen molar-refractivity contribution in [1.82, 2.24) is 9.55 Å². The fourth-order valence-corrected chi connectivity index (χ4v) is 2.99. The maximum atomic E-state index is 13.0. The number of imidazole rings is 1. The van der Waals surface area contributed by atoms with Crippen LogP contribution in [0.1, 0.15) is 30.3 Å². The first kappa shape index (κ1) is 18.5. The highest BCUT2D eigenvalue weighted by molar-refractivity contribution is 5.77. The van der Waals surface area contributed by atoms with Crippen molar-refractivity contribution in [1.29, 1.82) is 0 Å². The van der Waals surface area contributed by atoms with Gasteiger partial charge in [0.25, 0.3) is 0 Å². The van der Waals surface area contributed by atoms with E-state index in [1.54, 1.807) is 0 Å². The molecule has 0 unspecified atom stereocenters. The molecule has 6 heteroatoms. The Kier molecular flexibility index (Phi) is 5.61. The summed E-state index contributed by atoms with van der Waals surface area (Å²) in [7, 11) is 0. The Morgan fingerprint density at radius 3 is 2.54 bits per heavy atom. The third-order valence-electron chi connectivity index (χ3n) is 4.23. The number of nitrogens with zero attached hydrogens (tertiary/aromatic N) is 2. The van der Waals surface area contributed by atoms with Gasteiger partial charge in [0.05, 0.1) is 16.6 Å². The molecule has 138 valence electrons. The predicted molar refractivity (Wildman–Crippen MR) is 95.1 cm³/mol. The molecule has 3 nitrogen and oxygen atoms in total. The van der Waals surface area contributed by atoms with Crippen LogP contribution in [0.25, 0.3) is 11.0 Å². The van der Waals surface area contributed by atoms with Crippen LogP contribution in [0.2, 0.25) is 0 Å². The summed E-state index contributed by atoms with van der Waals surface area (Å²) in [5.41, 5.74) is 1.50. The van der Waals surface area contributed by atoms with Gasteiger partial charge in [-0.05, 0) is 37.1 Å². The van der Waals surface area contributed by atoms with E-state index in [2.05, 4.69) is 4.98 Å². The molecule has 0 aliphatic carbocycles. The van der Waals surface area contributed by atoms with Gasteiger partial charge in [0.15, 0.2) is 0 Å². The SMILES string of the molecule is CCOCCCn1c(Cc2ccccc2)nc2cc(C(F)(F)F)ccc21. The minimum atomic E-state index is -4.37. The Bertz CT molecular complexity index is 857. The quantitative estimate of drug-likeness (QED) is 0.549. The monoisotopic (exact) mass is 362 g/mol. The number of rotatable bonds is 7. The van der Waals surface area contributed by atoms with E-state index in [4.69, 9.17) is 4.74 Å². The van der Waals surface area contributed by atoms with Gasteiger partial charge in [-0.3, -0.25) is 0 Å². The molecule has 0 radical (unpaired) electrons. The van der Waals surface area contributed by atoms with Gasteiger partial charge < -0.3 is 9.30 Å². The average Bonchev–Trinajstić information content (AvgIpc) is 2.95. The molecule has 0 bridgehead atoms. The molecule has 3 rings (SSSR count). The van der Waals surface area contributed by atoms with Crippen LogP contribution in [0.4, 0.5) is 13.2 Å². The van der Waals surface area contributed by atoms with Gasteiger partial charge >= 0.3 is 6.18 Å². The van der Waals surface area contributed by atoms with Gasteiger partial charge in [-0.15, -0.1) is 0 Å². The molecule has 1 aromatic heterocycles. The molecule has 0 atom stereocenters. The van der Waals surface area contributed by atoms with E-state index in [0.717, 1.165) is 35.5 Å². The molecule has 26 heavy (non-hydrogen) atoms. The number of hydrogen-bond donors (Lipinski definition) is 0. The molecule has 0 spiro atoms. The second-order valence-corrected chi connectivity index (χ2v) is 6.09. The number of aryl methyl sites for hydroxylation is 1. The largest absolute Gasteiger partial charge is 0.416 e. The average molecular weight is 362 g/mol. The summed E-state index contributed by atoms with van der Waals surface area (Å²) < 4.78 is 46.4. The maximum absolute atomic E-state index is 13.0. The first-order valence-corrected chi connectivity index (χ1v) is 8.67. The van der Waals surface area contributed by atoms with Crippen LogP contribution in [-0.4, -0.2) is 22.8 Å². The lowest BCUT2D eigenvalue weighted by molar-refractivity contribution is -0.137. The third kappa shape index (κ3) is 4.25. The van der Waals surface area contributed by atoms with Crippen LogP contribution in [0.3, 0.4) is 0 Å². The number of halogens is 3. The van der Waals surface area contributed by atoms with Crippen LogP contribution < -0.4 is 0 Å². The summed E-state index contributed by atoms with van der Waals surface area (Å²) in [5, 5.41) is 0. The molecule has 0 aliphatic rings. The maximum Gasteiger partial charge on any atom is 0.416 e. The number of benzene rings is 2. The van der Waals surface area contributed by atoms with Gasteiger partial charge in [-0.25, -0.2) is 4.98 Å². The third-order valence-corrected chi connectivity index (χ3v) is 4.23. The van der Waals surface area contributed by atoms with E-state index in [1.807, 2.05) is 41.8 Å². The van der Waals surface area contributed by atoms with Crippen LogP contribution >= 0.6 is 0 Å². The highest BCUT2D eigenvalue weighted by Gasteiger charge is 2.31. The molecule has 0 saturated carbocycles. The minimum Gasteiger partial charge on any atom is -0.382 e. The van der Waals surface area contributed by atoms with Crippen LogP contribution in [0.5, 0.6) is 0 Å². The lowest BCUT2D eigenvalue weighted by Crippen LogP contribution is -2.08. The standard InChI is InChI=1S/C20H21F3N2O/c1-2-26-12-6-11-25-18-10-9-16(20(21,22)23)14-17(18)24-19(25)13-15-7-4-3-5-8-15/h3-5,7-10,14H,2,6,11-13H2,1H3. The van der Waals surface area contributed by atoms with E-state index in [9.17, 15) is 13.2 Å². The zero-order chi connectivity index (χ0) is 18.6. The zero-order valence-corrected chi connectivity index (χ0v) is 14.6. The van der Waals surface area contributed by atoms with Crippen molar-refractivity contribution >= 4 is 11.0 Å². The molecular formula is C20H21F3N2O. The summed E-state index contributed by atoms with van der Waals surface area (Å²) in [6.07, 6.45) is -3.01. The Morgan fingerprint density at radius 2 is 1.85 bits per heavy atom. The van der Waals surface area contributed by atoms with Crippen molar-refractivity contribution in [2.24, 2.45) is 0 Å². The highest BCUT2D eigenvalue weighted by atomic mass is 19.4. The minimum absolute atomic E-state index is 0.377. The van der Waals surface area contributed by atoms with Crippen molar-refractivity contribution in [3.05, 3.63) is 65.5 Å². The van der Waals surface area contributed by atoms with Crippen molar-refractivity contribution in [2.45, 2.75) is 32.5 Å². The van der Waals surface area contributed by atoms with Gasteiger partial charge in [-0.2, -0.15) is 13.2 Å². The topological polar surface area (TPSA) is 27.1 Å². The second-order valence-electron chi connectivity index (χ2n) is 6.09. The normalized spacial score (nSPS) is 12.0.